The summed E-state index contributed by atoms with van der Waals surface area (Å²) >= 11 is 6.76. The smallest absolute Gasteiger partial charge is 0.383 e. The Balaban J connectivity index is 3.73. The highest BCUT2D eigenvalue weighted by atomic mass is 35.6. The summed E-state index contributed by atoms with van der Waals surface area (Å²) in [6, 6.07) is 4.55. The summed E-state index contributed by atoms with van der Waals surface area (Å²) in [5, 5.41) is 1.10. The number of hydrogen-bond acceptors (Lipinski definition) is 2. The number of hydrogen-bond donors (Lipinski definition) is 0. The van der Waals surface area contributed by atoms with E-state index < -0.39 is 7.87 Å². The van der Waals surface area contributed by atoms with E-state index in [1.807, 2.05) is 0 Å². The second-order valence-electron chi connectivity index (χ2n) is 6.48. The van der Waals surface area contributed by atoms with Crippen LogP contribution in [0.1, 0.15) is 76.0 Å². The molecule has 0 N–H and O–H groups in total. The van der Waals surface area contributed by atoms with Crippen LogP contribution in [0.15, 0.2) is 12.1 Å². The molecular weight excluding hydrogens is 300 g/mol. The molecule has 0 saturated carbocycles. The predicted octanol–water partition coefficient (Wildman–Crippen LogP) is 4.73. The predicted molar refractivity (Wildman–Crippen MR) is 94.0 cm³/mol. The van der Waals surface area contributed by atoms with Crippen molar-refractivity contribution < 1.29 is 8.85 Å². The lowest BCUT2D eigenvalue weighted by atomic mass is 9.89. The first-order valence-electron chi connectivity index (χ1n) is 7.65. The van der Waals surface area contributed by atoms with Crippen LogP contribution in [0.4, 0.5) is 0 Å². The van der Waals surface area contributed by atoms with Crippen LogP contribution >= 0.6 is 11.1 Å². The lowest BCUT2D eigenvalue weighted by Gasteiger charge is -2.29. The molecule has 4 heteroatoms. The number of halogens is 1. The molecular formula is C17H29ClO2Si. The number of benzene rings is 1. The minimum atomic E-state index is -2.87. The van der Waals surface area contributed by atoms with Crippen LogP contribution in [-0.2, 0) is 8.85 Å². The van der Waals surface area contributed by atoms with Crippen molar-refractivity contribution in [3.63, 3.8) is 0 Å². The first-order valence-corrected chi connectivity index (χ1v) is 10.5. The maximum absolute atomic E-state index is 6.76. The maximum atomic E-state index is 6.76. The summed E-state index contributed by atoms with van der Waals surface area (Å²) < 4.78 is 11.3. The summed E-state index contributed by atoms with van der Waals surface area (Å²) in [6.07, 6.45) is 0. The van der Waals surface area contributed by atoms with Gasteiger partial charge in [-0.1, -0.05) is 64.8 Å². The van der Waals surface area contributed by atoms with Gasteiger partial charge in [-0.3, -0.25) is 0 Å². The lowest BCUT2D eigenvalue weighted by Crippen LogP contribution is -2.51. The molecule has 0 radical (unpaired) electrons. The Bertz CT molecular complexity index is 451. The van der Waals surface area contributed by atoms with Gasteiger partial charge in [0.1, 0.15) is 0 Å². The van der Waals surface area contributed by atoms with E-state index in [4.69, 9.17) is 19.9 Å². The zero-order chi connectivity index (χ0) is 16.4. The average Bonchev–Trinajstić information content (AvgIpc) is 2.44. The maximum Gasteiger partial charge on any atom is 0.478 e. The van der Waals surface area contributed by atoms with Crippen LogP contribution in [0.2, 0.25) is 0 Å². The van der Waals surface area contributed by atoms with Gasteiger partial charge in [0.25, 0.3) is 0 Å². The molecule has 2 nitrogen and oxygen atoms in total. The summed E-state index contributed by atoms with van der Waals surface area (Å²) in [6.45, 7) is 13.2. The van der Waals surface area contributed by atoms with Gasteiger partial charge in [-0.05, 0) is 34.4 Å². The van der Waals surface area contributed by atoms with E-state index in [2.05, 4.69) is 53.7 Å². The van der Waals surface area contributed by atoms with Crippen LogP contribution in [-0.4, -0.2) is 22.1 Å². The van der Waals surface area contributed by atoms with Crippen LogP contribution < -0.4 is 5.19 Å². The fourth-order valence-corrected chi connectivity index (χ4v) is 5.23. The largest absolute Gasteiger partial charge is 0.478 e. The highest BCUT2D eigenvalue weighted by Gasteiger charge is 2.41. The molecule has 0 fully saturated rings. The summed E-state index contributed by atoms with van der Waals surface area (Å²) in [5.41, 5.74) is 3.87. The fraction of sp³-hybridized carbons (Fsp3) is 0.647. The van der Waals surface area contributed by atoms with E-state index in [1.165, 1.54) is 16.7 Å². The van der Waals surface area contributed by atoms with Crippen molar-refractivity contribution >= 4 is 24.1 Å². The number of rotatable bonds is 6. The molecule has 0 aliphatic carbocycles. The molecule has 0 aliphatic heterocycles. The molecule has 0 unspecified atom stereocenters. The quantitative estimate of drug-likeness (QED) is 0.555. The Kier molecular flexibility index (Phi) is 6.48. The Labute approximate surface area is 135 Å². The third-order valence-corrected chi connectivity index (χ3v) is 7.67. The van der Waals surface area contributed by atoms with Crippen molar-refractivity contribution in [2.75, 3.05) is 14.2 Å². The van der Waals surface area contributed by atoms with Gasteiger partial charge in [-0.15, -0.1) is 0 Å². The van der Waals surface area contributed by atoms with E-state index in [9.17, 15) is 0 Å². The van der Waals surface area contributed by atoms with E-state index >= 15 is 0 Å². The fourth-order valence-electron chi connectivity index (χ4n) is 2.59. The molecule has 0 bridgehead atoms. The zero-order valence-corrected chi connectivity index (χ0v) is 16.3. The molecule has 0 saturated heterocycles. The van der Waals surface area contributed by atoms with Gasteiger partial charge < -0.3 is 8.85 Å². The van der Waals surface area contributed by atoms with Crippen molar-refractivity contribution in [2.45, 2.75) is 59.3 Å². The summed E-state index contributed by atoms with van der Waals surface area (Å²) in [5.74, 6) is 1.25. The highest BCUT2D eigenvalue weighted by Crippen LogP contribution is 2.29. The molecule has 0 spiro atoms. The highest BCUT2D eigenvalue weighted by molar-refractivity contribution is 7.20. The minimum Gasteiger partial charge on any atom is -0.383 e. The van der Waals surface area contributed by atoms with Crippen LogP contribution in [0.3, 0.4) is 0 Å². The van der Waals surface area contributed by atoms with Gasteiger partial charge in [0.2, 0.25) is 0 Å². The topological polar surface area (TPSA) is 18.5 Å². The van der Waals surface area contributed by atoms with Crippen molar-refractivity contribution in [3.8, 4) is 0 Å². The molecule has 1 aromatic rings. The van der Waals surface area contributed by atoms with Crippen LogP contribution in [0, 0.1) is 0 Å². The van der Waals surface area contributed by atoms with Gasteiger partial charge in [0.15, 0.2) is 0 Å². The third-order valence-electron chi connectivity index (χ3n) is 3.96. The Hall–Kier alpha value is -0.353. The van der Waals surface area contributed by atoms with Gasteiger partial charge in [0.05, 0.1) is 0 Å². The SMILES string of the molecule is CO[Si](Cl)(OC)c1c(C(C)C)cc(C(C)C)cc1C(C)C. The molecule has 1 aromatic carbocycles. The van der Waals surface area contributed by atoms with Crippen LogP contribution in [0.5, 0.6) is 0 Å². The van der Waals surface area contributed by atoms with Crippen molar-refractivity contribution in [3.05, 3.63) is 28.8 Å². The first-order chi connectivity index (χ1) is 9.67. The lowest BCUT2D eigenvalue weighted by molar-refractivity contribution is 0.280. The standard InChI is InChI=1S/C17H29ClO2Si/c1-11(2)14-9-15(12(3)4)17(16(10-14)13(5)6)21(18,19-7)20-8/h9-13H,1-8H3. The summed E-state index contributed by atoms with van der Waals surface area (Å²) in [7, 11) is 0.419. The molecule has 120 valence electrons. The first kappa shape index (κ1) is 18.7. The molecule has 21 heavy (non-hydrogen) atoms. The molecule has 0 atom stereocenters. The van der Waals surface area contributed by atoms with E-state index in [0.717, 1.165) is 5.19 Å². The van der Waals surface area contributed by atoms with E-state index in [0.29, 0.717) is 17.8 Å². The third kappa shape index (κ3) is 3.89. The minimum absolute atomic E-state index is 0.382. The Morgan fingerprint density at radius 3 is 1.43 bits per heavy atom. The summed E-state index contributed by atoms with van der Waals surface area (Å²) in [4.78, 5) is 0. The molecule has 0 aliphatic rings. The van der Waals surface area contributed by atoms with Crippen molar-refractivity contribution in [2.24, 2.45) is 0 Å². The Morgan fingerprint density at radius 2 is 1.19 bits per heavy atom. The molecule has 0 aromatic heterocycles. The molecule has 0 heterocycles. The van der Waals surface area contributed by atoms with E-state index in [-0.39, 0.29) is 0 Å². The molecule has 0 amide bonds. The van der Waals surface area contributed by atoms with Crippen molar-refractivity contribution in [1.29, 1.82) is 0 Å². The van der Waals surface area contributed by atoms with Gasteiger partial charge in [0, 0.05) is 19.4 Å². The van der Waals surface area contributed by atoms with E-state index in [1.54, 1.807) is 14.2 Å². The van der Waals surface area contributed by atoms with Crippen LogP contribution in [0.25, 0.3) is 0 Å². The second-order valence-corrected chi connectivity index (χ2v) is 10.4. The normalized spacial score (nSPS) is 12.8. The van der Waals surface area contributed by atoms with Gasteiger partial charge in [-0.2, -0.15) is 0 Å². The average molecular weight is 329 g/mol. The Morgan fingerprint density at radius 1 is 0.810 bits per heavy atom. The second kappa shape index (κ2) is 7.27. The molecule has 1 rings (SSSR count). The van der Waals surface area contributed by atoms with Crippen molar-refractivity contribution in [1.82, 2.24) is 0 Å². The monoisotopic (exact) mass is 328 g/mol. The van der Waals surface area contributed by atoms with Gasteiger partial charge in [-0.25, -0.2) is 0 Å². The van der Waals surface area contributed by atoms with Gasteiger partial charge >= 0.3 is 7.87 Å². The zero-order valence-electron chi connectivity index (χ0n) is 14.6.